The van der Waals surface area contributed by atoms with E-state index in [2.05, 4.69) is 10.3 Å². The highest BCUT2D eigenvalue weighted by Gasteiger charge is 2.34. The van der Waals surface area contributed by atoms with Gasteiger partial charge in [0.25, 0.3) is 0 Å². The third kappa shape index (κ3) is 5.34. The molecule has 186 valence electrons. The molecule has 0 saturated carbocycles. The van der Waals surface area contributed by atoms with E-state index in [1.54, 1.807) is 0 Å². The van der Waals surface area contributed by atoms with Gasteiger partial charge in [0.15, 0.2) is 0 Å². The predicted molar refractivity (Wildman–Crippen MR) is 124 cm³/mol. The second-order valence-corrected chi connectivity index (χ2v) is 10.4. The highest BCUT2D eigenvalue weighted by Crippen LogP contribution is 2.36. The maximum atomic E-state index is 13.3. The van der Waals surface area contributed by atoms with Crippen LogP contribution in [0, 0.1) is 0 Å². The molecule has 0 radical (unpaired) electrons. The molecule has 1 saturated heterocycles. The molecule has 8 nitrogen and oxygen atoms in total. The fraction of sp³-hybridized carbons (Fsp3) is 0.318. The Balaban J connectivity index is 1.63. The zero-order valence-corrected chi connectivity index (χ0v) is 19.8. The van der Waals surface area contributed by atoms with Crippen LogP contribution in [0.25, 0.3) is 10.9 Å². The van der Waals surface area contributed by atoms with Crippen LogP contribution < -0.4 is 11.0 Å². The normalized spacial score (nSPS) is 15.3. The van der Waals surface area contributed by atoms with Gasteiger partial charge in [0.1, 0.15) is 6.54 Å². The van der Waals surface area contributed by atoms with E-state index in [0.717, 1.165) is 29.9 Å². The molecule has 1 aliphatic heterocycles. The van der Waals surface area contributed by atoms with Crippen molar-refractivity contribution < 1.29 is 26.4 Å². The summed E-state index contributed by atoms with van der Waals surface area (Å²) in [5, 5.41) is 2.29. The number of halogens is 4. The SMILES string of the molecule is O=C(Cn1c(=O)ncc2cc(S(=O)(=O)N3CCCCC3)ccc21)Nc1ccc(Cl)cc1C(F)(F)F. The van der Waals surface area contributed by atoms with Crippen molar-refractivity contribution in [1.29, 1.82) is 0 Å². The molecular formula is C22H20ClF3N4O4S. The lowest BCUT2D eigenvalue weighted by Crippen LogP contribution is -2.35. The molecule has 0 unspecified atom stereocenters. The van der Waals surface area contributed by atoms with Gasteiger partial charge in [-0.3, -0.25) is 9.36 Å². The number of hydrogen-bond acceptors (Lipinski definition) is 5. The molecule has 3 aromatic rings. The standard InChI is InChI=1S/C22H20ClF3N4O4S/c23-15-4-6-18(17(11-15)22(24,25)26)28-20(31)13-30-19-7-5-16(10-14(19)12-27-21(30)32)35(33,34)29-8-2-1-3-9-29/h4-7,10-12H,1-3,8-9,13H2,(H,28,31). The van der Waals surface area contributed by atoms with E-state index < -0.39 is 45.6 Å². The Kier molecular flexibility index (Phi) is 6.89. The molecule has 1 aromatic heterocycles. The second-order valence-electron chi connectivity index (χ2n) is 8.05. The summed E-state index contributed by atoms with van der Waals surface area (Å²) in [7, 11) is -3.74. The summed E-state index contributed by atoms with van der Waals surface area (Å²) in [5.41, 5.74) is -2.24. The van der Waals surface area contributed by atoms with Crippen LogP contribution >= 0.6 is 11.6 Å². The van der Waals surface area contributed by atoms with Crippen LogP contribution in [0.4, 0.5) is 18.9 Å². The number of nitrogens with zero attached hydrogens (tertiary/aromatic N) is 3. The fourth-order valence-electron chi connectivity index (χ4n) is 3.94. The average molecular weight is 529 g/mol. The van der Waals surface area contributed by atoms with Gasteiger partial charge >= 0.3 is 11.9 Å². The number of hydrogen-bond donors (Lipinski definition) is 1. The van der Waals surface area contributed by atoms with Crippen LogP contribution in [0.15, 0.2) is 52.3 Å². The van der Waals surface area contributed by atoms with Crippen LogP contribution in [0.5, 0.6) is 0 Å². The Morgan fingerprint density at radius 1 is 1.09 bits per heavy atom. The number of sulfonamides is 1. The molecule has 0 aliphatic carbocycles. The number of benzene rings is 2. The van der Waals surface area contributed by atoms with E-state index >= 15 is 0 Å². The minimum Gasteiger partial charge on any atom is -0.324 e. The molecule has 13 heteroatoms. The van der Waals surface area contributed by atoms with Crippen LogP contribution in [-0.2, 0) is 27.5 Å². The molecule has 0 atom stereocenters. The molecule has 1 fully saturated rings. The molecule has 2 heterocycles. The summed E-state index contributed by atoms with van der Waals surface area (Å²) >= 11 is 5.66. The topological polar surface area (TPSA) is 101 Å². The van der Waals surface area contributed by atoms with Crippen LogP contribution in [-0.4, -0.2) is 41.3 Å². The Hall–Kier alpha value is -2.96. The zero-order valence-electron chi connectivity index (χ0n) is 18.2. The maximum absolute atomic E-state index is 13.3. The molecule has 35 heavy (non-hydrogen) atoms. The third-order valence-corrected chi connectivity index (χ3v) is 7.78. The molecule has 4 rings (SSSR count). The van der Waals surface area contributed by atoms with Gasteiger partial charge in [-0.25, -0.2) is 18.2 Å². The number of amides is 1. The lowest BCUT2D eigenvalue weighted by molar-refractivity contribution is -0.137. The van der Waals surface area contributed by atoms with Gasteiger partial charge in [-0.1, -0.05) is 18.0 Å². The molecule has 0 bridgehead atoms. The first-order valence-corrected chi connectivity index (χ1v) is 12.4. The van der Waals surface area contributed by atoms with Crippen molar-refractivity contribution in [2.75, 3.05) is 18.4 Å². The van der Waals surface area contributed by atoms with E-state index in [1.807, 2.05) is 0 Å². The van der Waals surface area contributed by atoms with Crippen LogP contribution in [0.2, 0.25) is 5.02 Å². The Morgan fingerprint density at radius 3 is 2.49 bits per heavy atom. The number of alkyl halides is 3. The van der Waals surface area contributed by atoms with Gasteiger partial charge < -0.3 is 5.32 Å². The van der Waals surface area contributed by atoms with E-state index in [1.165, 1.54) is 34.8 Å². The molecule has 1 N–H and O–H groups in total. The highest BCUT2D eigenvalue weighted by molar-refractivity contribution is 7.89. The maximum Gasteiger partial charge on any atom is 0.418 e. The van der Waals surface area contributed by atoms with Crippen LogP contribution in [0.1, 0.15) is 24.8 Å². The Bertz CT molecular complexity index is 1450. The van der Waals surface area contributed by atoms with Gasteiger partial charge in [0, 0.05) is 29.7 Å². The summed E-state index contributed by atoms with van der Waals surface area (Å²) in [6.07, 6.45) is -1.06. The van der Waals surface area contributed by atoms with Crippen molar-refractivity contribution in [1.82, 2.24) is 13.9 Å². The zero-order chi connectivity index (χ0) is 25.4. The number of carbonyl (C=O) groups is 1. The summed E-state index contributed by atoms with van der Waals surface area (Å²) in [6, 6.07) is 6.98. The Labute approximate surface area is 203 Å². The third-order valence-electron chi connectivity index (χ3n) is 5.65. The van der Waals surface area contributed by atoms with E-state index in [9.17, 15) is 31.2 Å². The van der Waals surface area contributed by atoms with Crippen molar-refractivity contribution >= 4 is 44.1 Å². The van der Waals surface area contributed by atoms with E-state index in [-0.39, 0.29) is 20.8 Å². The number of fused-ring (bicyclic) bond motifs is 1. The molecule has 2 aromatic carbocycles. The number of aromatic nitrogens is 2. The number of anilines is 1. The van der Waals surface area contributed by atoms with E-state index in [0.29, 0.717) is 19.2 Å². The number of piperidine rings is 1. The largest absolute Gasteiger partial charge is 0.418 e. The number of rotatable bonds is 5. The Morgan fingerprint density at radius 2 is 1.80 bits per heavy atom. The number of carbonyl (C=O) groups excluding carboxylic acids is 1. The fourth-order valence-corrected chi connectivity index (χ4v) is 5.67. The smallest absolute Gasteiger partial charge is 0.324 e. The lowest BCUT2D eigenvalue weighted by Gasteiger charge is -2.26. The van der Waals surface area contributed by atoms with Crippen molar-refractivity contribution in [3.63, 3.8) is 0 Å². The summed E-state index contributed by atoms with van der Waals surface area (Å²) < 4.78 is 68.3. The quantitative estimate of drug-likeness (QED) is 0.541. The predicted octanol–water partition coefficient (Wildman–Crippen LogP) is 3.88. The minimum atomic E-state index is -4.76. The average Bonchev–Trinajstić information content (AvgIpc) is 2.81. The molecule has 1 aliphatic rings. The van der Waals surface area contributed by atoms with Gasteiger partial charge in [-0.05, 0) is 49.2 Å². The van der Waals surface area contributed by atoms with Crippen molar-refractivity contribution in [3.8, 4) is 0 Å². The summed E-state index contributed by atoms with van der Waals surface area (Å²) in [5.74, 6) is -0.903. The minimum absolute atomic E-state index is 0.0272. The van der Waals surface area contributed by atoms with E-state index in [4.69, 9.17) is 11.6 Å². The molecule has 0 spiro atoms. The first-order chi connectivity index (χ1) is 16.5. The van der Waals surface area contributed by atoms with Crippen molar-refractivity contribution in [3.05, 3.63) is 63.7 Å². The molecular weight excluding hydrogens is 509 g/mol. The summed E-state index contributed by atoms with van der Waals surface area (Å²) in [6.45, 7) is 0.202. The van der Waals surface area contributed by atoms with Crippen molar-refractivity contribution in [2.24, 2.45) is 0 Å². The van der Waals surface area contributed by atoms with Gasteiger partial charge in [0.2, 0.25) is 15.9 Å². The highest BCUT2D eigenvalue weighted by atomic mass is 35.5. The van der Waals surface area contributed by atoms with Gasteiger partial charge in [-0.15, -0.1) is 0 Å². The van der Waals surface area contributed by atoms with Gasteiger partial charge in [-0.2, -0.15) is 17.5 Å². The first-order valence-electron chi connectivity index (χ1n) is 10.6. The monoisotopic (exact) mass is 528 g/mol. The summed E-state index contributed by atoms with van der Waals surface area (Å²) in [4.78, 5) is 28.7. The molecule has 1 amide bonds. The van der Waals surface area contributed by atoms with Gasteiger partial charge in [0.05, 0.1) is 21.7 Å². The first kappa shape index (κ1) is 25.1. The lowest BCUT2D eigenvalue weighted by atomic mass is 10.1. The van der Waals surface area contributed by atoms with Crippen molar-refractivity contribution in [2.45, 2.75) is 36.9 Å². The number of nitrogens with one attached hydrogen (secondary N) is 1. The van der Waals surface area contributed by atoms with Crippen LogP contribution in [0.3, 0.4) is 0 Å². The second kappa shape index (κ2) is 9.59.